The molecule has 1 amide bonds. The average Bonchev–Trinajstić information content (AvgIpc) is 3.33. The molecule has 0 bridgehead atoms. The van der Waals surface area contributed by atoms with Gasteiger partial charge in [0.25, 0.3) is 11.8 Å². The number of amides is 1. The zero-order chi connectivity index (χ0) is 24.7. The molecule has 182 valence electrons. The molecule has 3 N–H and O–H groups in total. The summed E-state index contributed by atoms with van der Waals surface area (Å²) in [6, 6.07) is 0.0277. The van der Waals surface area contributed by atoms with Gasteiger partial charge in [0.2, 0.25) is 0 Å². The Kier molecular flexibility index (Phi) is 6.40. The second-order valence-corrected chi connectivity index (χ2v) is 8.95. The van der Waals surface area contributed by atoms with Gasteiger partial charge in [0.1, 0.15) is 18.8 Å². The third-order valence-corrected chi connectivity index (χ3v) is 5.57. The number of fused-ring (bicyclic) bond motifs is 1. The highest BCUT2D eigenvalue weighted by Crippen LogP contribution is 2.32. The van der Waals surface area contributed by atoms with Crippen molar-refractivity contribution in [3.05, 3.63) is 41.4 Å². The van der Waals surface area contributed by atoms with E-state index in [2.05, 4.69) is 25.7 Å². The van der Waals surface area contributed by atoms with Crippen molar-refractivity contribution in [3.63, 3.8) is 0 Å². The number of ether oxygens (including phenoxy) is 1. The molecule has 1 fully saturated rings. The van der Waals surface area contributed by atoms with E-state index in [4.69, 9.17) is 16.3 Å². The van der Waals surface area contributed by atoms with E-state index in [0.29, 0.717) is 21.9 Å². The summed E-state index contributed by atoms with van der Waals surface area (Å²) in [6.45, 7) is 1.04. The lowest BCUT2D eigenvalue weighted by Gasteiger charge is -2.23. The lowest BCUT2D eigenvalue weighted by Crippen LogP contribution is -2.42. The zero-order valence-electron chi connectivity index (χ0n) is 18.2. The molecule has 0 aliphatic carbocycles. The van der Waals surface area contributed by atoms with Crippen molar-refractivity contribution in [2.24, 2.45) is 0 Å². The Bertz CT molecular complexity index is 1220. The standard InChI is InChI=1S/C21H22ClF3N6O3/c1-20(2,33)16(23)7-28-19(32)13-5-26-14(3-15(13)30-17-9-34-10-21(17,24)25)12-6-29-31-8-11(22)4-27-18(12)31/h3-6,8,16-17,33H,7,9-10H2,1-2H3,(H,26,30)(H,28,32). The minimum absolute atomic E-state index is 0.0460. The highest BCUT2D eigenvalue weighted by molar-refractivity contribution is 6.30. The molecule has 1 saturated heterocycles. The van der Waals surface area contributed by atoms with Gasteiger partial charge in [-0.1, -0.05) is 11.6 Å². The van der Waals surface area contributed by atoms with Crippen LogP contribution in [0.5, 0.6) is 0 Å². The van der Waals surface area contributed by atoms with Gasteiger partial charge >= 0.3 is 0 Å². The second kappa shape index (κ2) is 9.01. The molecule has 13 heteroatoms. The average molecular weight is 499 g/mol. The first-order valence-electron chi connectivity index (χ1n) is 10.3. The number of carbonyl (C=O) groups is 1. The van der Waals surface area contributed by atoms with Gasteiger partial charge in [-0.05, 0) is 19.9 Å². The van der Waals surface area contributed by atoms with Crippen LogP contribution in [0.2, 0.25) is 5.02 Å². The lowest BCUT2D eigenvalue weighted by molar-refractivity contribution is -0.0132. The lowest BCUT2D eigenvalue weighted by atomic mass is 10.0. The largest absolute Gasteiger partial charge is 0.387 e. The Morgan fingerprint density at radius 2 is 2.15 bits per heavy atom. The third kappa shape index (κ3) is 4.93. The molecule has 2 unspecified atom stereocenters. The van der Waals surface area contributed by atoms with Crippen LogP contribution in [-0.4, -0.2) is 74.1 Å². The zero-order valence-corrected chi connectivity index (χ0v) is 19.0. The molecular formula is C21H22ClF3N6O3. The quantitative estimate of drug-likeness (QED) is 0.459. The molecular weight excluding hydrogens is 477 g/mol. The number of nitrogens with zero attached hydrogens (tertiary/aromatic N) is 4. The van der Waals surface area contributed by atoms with Crippen LogP contribution in [0.15, 0.2) is 30.9 Å². The van der Waals surface area contributed by atoms with E-state index in [0.717, 1.165) is 0 Å². The van der Waals surface area contributed by atoms with Crippen LogP contribution < -0.4 is 10.6 Å². The van der Waals surface area contributed by atoms with Crippen molar-refractivity contribution >= 4 is 28.8 Å². The maximum atomic E-state index is 14.2. The number of halogens is 4. The SMILES string of the molecule is CC(C)(O)C(F)CNC(=O)c1cnc(-c2cnn3cc(Cl)cnc23)cc1NC1COCC1(F)F. The summed E-state index contributed by atoms with van der Waals surface area (Å²) in [4.78, 5) is 21.3. The summed E-state index contributed by atoms with van der Waals surface area (Å²) in [7, 11) is 0. The van der Waals surface area contributed by atoms with E-state index in [1.54, 1.807) is 6.20 Å². The number of carbonyl (C=O) groups excluding carboxylic acids is 1. The fraction of sp³-hybridized carbons (Fsp3) is 0.429. The van der Waals surface area contributed by atoms with E-state index in [9.17, 15) is 23.1 Å². The van der Waals surface area contributed by atoms with Gasteiger partial charge in [-0.3, -0.25) is 9.78 Å². The van der Waals surface area contributed by atoms with Gasteiger partial charge in [-0.25, -0.2) is 22.7 Å². The number of pyridine rings is 1. The summed E-state index contributed by atoms with van der Waals surface area (Å²) < 4.78 is 48.9. The summed E-state index contributed by atoms with van der Waals surface area (Å²) in [5.41, 5.74) is -0.497. The van der Waals surface area contributed by atoms with Crippen LogP contribution >= 0.6 is 11.6 Å². The van der Waals surface area contributed by atoms with Crippen LogP contribution in [0.3, 0.4) is 0 Å². The molecule has 3 aromatic rings. The Balaban J connectivity index is 1.68. The number of alkyl halides is 3. The Morgan fingerprint density at radius 3 is 2.82 bits per heavy atom. The third-order valence-electron chi connectivity index (χ3n) is 5.38. The molecule has 0 aromatic carbocycles. The first kappa shape index (κ1) is 24.2. The Labute approximate surface area is 197 Å². The van der Waals surface area contributed by atoms with Gasteiger partial charge in [-0.2, -0.15) is 5.10 Å². The fourth-order valence-electron chi connectivity index (χ4n) is 3.33. The highest BCUT2D eigenvalue weighted by Gasteiger charge is 2.45. The van der Waals surface area contributed by atoms with Crippen LogP contribution in [0.4, 0.5) is 18.9 Å². The first-order chi connectivity index (χ1) is 16.0. The number of aromatic nitrogens is 4. The van der Waals surface area contributed by atoms with E-state index in [1.807, 2.05) is 0 Å². The van der Waals surface area contributed by atoms with Gasteiger partial charge in [0.15, 0.2) is 5.65 Å². The van der Waals surface area contributed by atoms with Gasteiger partial charge in [0, 0.05) is 12.4 Å². The van der Waals surface area contributed by atoms with Crippen LogP contribution in [0, 0.1) is 0 Å². The maximum Gasteiger partial charge on any atom is 0.292 e. The maximum absolute atomic E-state index is 14.2. The predicted molar refractivity (Wildman–Crippen MR) is 118 cm³/mol. The topological polar surface area (TPSA) is 114 Å². The van der Waals surface area contributed by atoms with E-state index < -0.39 is 42.8 Å². The van der Waals surface area contributed by atoms with Crippen molar-refractivity contribution in [3.8, 4) is 11.3 Å². The van der Waals surface area contributed by atoms with Gasteiger partial charge in [-0.15, -0.1) is 0 Å². The summed E-state index contributed by atoms with van der Waals surface area (Å²) in [5.74, 6) is -3.91. The Morgan fingerprint density at radius 1 is 1.38 bits per heavy atom. The monoisotopic (exact) mass is 498 g/mol. The van der Waals surface area contributed by atoms with Crippen LogP contribution in [0.1, 0.15) is 24.2 Å². The predicted octanol–water partition coefficient (Wildman–Crippen LogP) is 2.73. The highest BCUT2D eigenvalue weighted by atomic mass is 35.5. The van der Waals surface area contributed by atoms with Gasteiger partial charge in [0.05, 0.1) is 58.7 Å². The van der Waals surface area contributed by atoms with E-state index in [1.165, 1.54) is 43.0 Å². The van der Waals surface area contributed by atoms with Crippen molar-refractivity contribution in [2.75, 3.05) is 25.1 Å². The molecule has 4 heterocycles. The molecule has 9 nitrogen and oxygen atoms in total. The molecule has 4 rings (SSSR count). The number of hydrogen-bond acceptors (Lipinski definition) is 7. The normalized spacial score (nSPS) is 18.7. The number of nitrogens with one attached hydrogen (secondary N) is 2. The minimum Gasteiger partial charge on any atom is -0.387 e. The van der Waals surface area contributed by atoms with Crippen LogP contribution in [-0.2, 0) is 4.74 Å². The second-order valence-electron chi connectivity index (χ2n) is 8.52. The molecule has 3 aromatic heterocycles. The summed E-state index contributed by atoms with van der Waals surface area (Å²) >= 11 is 5.94. The van der Waals surface area contributed by atoms with E-state index in [-0.39, 0.29) is 17.9 Å². The van der Waals surface area contributed by atoms with Gasteiger partial charge < -0.3 is 20.5 Å². The first-order valence-corrected chi connectivity index (χ1v) is 10.7. The van der Waals surface area contributed by atoms with Crippen LogP contribution in [0.25, 0.3) is 16.9 Å². The van der Waals surface area contributed by atoms with Crippen molar-refractivity contribution in [1.29, 1.82) is 0 Å². The minimum atomic E-state index is -3.16. The number of hydrogen-bond donors (Lipinski definition) is 3. The molecule has 0 radical (unpaired) electrons. The molecule has 1 aliphatic heterocycles. The Hall–Kier alpha value is -2.96. The molecule has 1 aliphatic rings. The fourth-order valence-corrected chi connectivity index (χ4v) is 3.47. The number of rotatable bonds is 7. The van der Waals surface area contributed by atoms with Crippen molar-refractivity contribution in [1.82, 2.24) is 24.9 Å². The smallest absolute Gasteiger partial charge is 0.292 e. The summed E-state index contributed by atoms with van der Waals surface area (Å²) in [6.07, 6.45) is 3.90. The number of aliphatic hydroxyl groups is 1. The molecule has 0 saturated carbocycles. The number of anilines is 1. The molecule has 34 heavy (non-hydrogen) atoms. The van der Waals surface area contributed by atoms with Crippen molar-refractivity contribution in [2.45, 2.75) is 37.6 Å². The summed E-state index contributed by atoms with van der Waals surface area (Å²) in [5, 5.41) is 19.3. The molecule has 0 spiro atoms. The molecule has 2 atom stereocenters. The van der Waals surface area contributed by atoms with Crippen molar-refractivity contribution < 1.29 is 27.8 Å². The van der Waals surface area contributed by atoms with E-state index >= 15 is 0 Å².